The van der Waals surface area contributed by atoms with E-state index in [1.54, 1.807) is 19.2 Å². The van der Waals surface area contributed by atoms with E-state index >= 15 is 0 Å². The highest BCUT2D eigenvalue weighted by Crippen LogP contribution is 2.31. The Morgan fingerprint density at radius 2 is 2.33 bits per heavy atom. The first-order chi connectivity index (χ1) is 8.63. The Bertz CT molecular complexity index is 449. The molecule has 0 aromatic carbocycles. The second-order valence-electron chi connectivity index (χ2n) is 4.22. The van der Waals surface area contributed by atoms with Gasteiger partial charge in [0.2, 0.25) is 0 Å². The molecule has 0 bridgehead atoms. The molecule has 1 aromatic rings. The molecule has 1 fully saturated rings. The maximum absolute atomic E-state index is 11.0. The van der Waals surface area contributed by atoms with Crippen LogP contribution in [0.1, 0.15) is 23.3 Å². The molecule has 18 heavy (non-hydrogen) atoms. The van der Waals surface area contributed by atoms with Crippen molar-refractivity contribution in [2.75, 3.05) is 25.2 Å². The summed E-state index contributed by atoms with van der Waals surface area (Å²) >= 11 is 5.81. The number of halogens is 1. The Hall–Kier alpha value is -1.33. The smallest absolute Gasteiger partial charge is 0.356 e. The first-order valence-corrected chi connectivity index (χ1v) is 6.16. The van der Waals surface area contributed by atoms with Crippen molar-refractivity contribution in [3.63, 3.8) is 0 Å². The number of hydrogen-bond donors (Lipinski definition) is 1. The summed E-state index contributed by atoms with van der Waals surface area (Å²) in [5.74, 6) is -0.458. The van der Waals surface area contributed by atoms with Crippen molar-refractivity contribution in [2.24, 2.45) is 0 Å². The van der Waals surface area contributed by atoms with Gasteiger partial charge in [-0.05, 0) is 25.0 Å². The third-order valence-corrected chi connectivity index (χ3v) is 3.16. The predicted molar refractivity (Wildman–Crippen MR) is 68.5 cm³/mol. The van der Waals surface area contributed by atoms with Crippen molar-refractivity contribution in [1.82, 2.24) is 4.98 Å². The Labute approximate surface area is 110 Å². The van der Waals surface area contributed by atoms with Gasteiger partial charge in [-0.1, -0.05) is 11.6 Å². The summed E-state index contributed by atoms with van der Waals surface area (Å²) in [7, 11) is 1.64. The molecule has 1 aliphatic rings. The van der Waals surface area contributed by atoms with E-state index in [-0.39, 0.29) is 10.7 Å². The number of methoxy groups -OCH3 is 1. The summed E-state index contributed by atoms with van der Waals surface area (Å²) in [5.41, 5.74) is -0.0998. The fourth-order valence-electron chi connectivity index (χ4n) is 1.80. The Morgan fingerprint density at radius 1 is 1.61 bits per heavy atom. The normalized spacial score (nSPS) is 14.6. The van der Waals surface area contributed by atoms with Crippen LogP contribution in [-0.2, 0) is 4.74 Å². The molecule has 0 spiro atoms. The fourth-order valence-corrected chi connectivity index (χ4v) is 1.99. The van der Waals surface area contributed by atoms with E-state index < -0.39 is 5.97 Å². The molecule has 0 unspecified atom stereocenters. The van der Waals surface area contributed by atoms with Crippen LogP contribution in [0, 0.1) is 0 Å². The van der Waals surface area contributed by atoms with Gasteiger partial charge in [-0.15, -0.1) is 0 Å². The highest BCUT2D eigenvalue weighted by molar-refractivity contribution is 6.33. The Morgan fingerprint density at radius 3 is 2.89 bits per heavy atom. The number of aromatic nitrogens is 1. The van der Waals surface area contributed by atoms with Crippen LogP contribution in [0.5, 0.6) is 0 Å². The van der Waals surface area contributed by atoms with Crippen molar-refractivity contribution >= 4 is 23.4 Å². The lowest BCUT2D eigenvalue weighted by molar-refractivity contribution is 0.0691. The van der Waals surface area contributed by atoms with E-state index in [0.29, 0.717) is 25.0 Å². The minimum atomic E-state index is -1.11. The third-order valence-electron chi connectivity index (χ3n) is 2.85. The average Bonchev–Trinajstić information content (AvgIpc) is 3.15. The molecule has 0 saturated heterocycles. The Balaban J connectivity index is 2.24. The van der Waals surface area contributed by atoms with Crippen LogP contribution in [0.2, 0.25) is 5.02 Å². The van der Waals surface area contributed by atoms with E-state index in [1.165, 1.54) is 0 Å². The fraction of sp³-hybridized carbons (Fsp3) is 0.500. The minimum Gasteiger partial charge on any atom is -0.476 e. The van der Waals surface area contributed by atoms with Gasteiger partial charge < -0.3 is 14.7 Å². The van der Waals surface area contributed by atoms with Crippen LogP contribution in [0.3, 0.4) is 0 Å². The molecule has 0 aliphatic heterocycles. The quantitative estimate of drug-likeness (QED) is 0.857. The number of ether oxygens (including phenoxy) is 1. The number of carboxylic acids is 1. The van der Waals surface area contributed by atoms with Crippen molar-refractivity contribution in [1.29, 1.82) is 0 Å². The molecule has 98 valence electrons. The molecule has 2 rings (SSSR count). The van der Waals surface area contributed by atoms with E-state index in [2.05, 4.69) is 9.88 Å². The van der Waals surface area contributed by atoms with Crippen LogP contribution < -0.4 is 4.90 Å². The molecular formula is C12H15ClN2O3. The summed E-state index contributed by atoms with van der Waals surface area (Å²) < 4.78 is 5.06. The van der Waals surface area contributed by atoms with E-state index in [1.807, 2.05) is 0 Å². The number of aromatic carboxylic acids is 1. The number of nitrogens with zero attached hydrogens (tertiary/aromatic N) is 2. The van der Waals surface area contributed by atoms with Crippen molar-refractivity contribution < 1.29 is 14.6 Å². The second kappa shape index (κ2) is 5.54. The molecule has 1 saturated carbocycles. The summed E-state index contributed by atoms with van der Waals surface area (Å²) in [6.07, 6.45) is 2.22. The lowest BCUT2D eigenvalue weighted by Crippen LogP contribution is -2.30. The molecule has 6 heteroatoms. The van der Waals surface area contributed by atoms with Gasteiger partial charge in [0.25, 0.3) is 0 Å². The molecular weight excluding hydrogens is 256 g/mol. The topological polar surface area (TPSA) is 62.7 Å². The lowest BCUT2D eigenvalue weighted by atomic mass is 10.3. The highest BCUT2D eigenvalue weighted by atomic mass is 35.5. The van der Waals surface area contributed by atoms with Crippen LogP contribution in [0.4, 0.5) is 5.82 Å². The van der Waals surface area contributed by atoms with E-state index in [9.17, 15) is 4.79 Å². The molecule has 0 radical (unpaired) electrons. The highest BCUT2D eigenvalue weighted by Gasteiger charge is 2.30. The third kappa shape index (κ3) is 2.91. The number of pyridine rings is 1. The summed E-state index contributed by atoms with van der Waals surface area (Å²) in [4.78, 5) is 17.2. The van der Waals surface area contributed by atoms with Gasteiger partial charge in [0.1, 0.15) is 5.82 Å². The standard InChI is InChI=1S/C12H15ClN2O3/c1-18-7-6-15(8-2-3-8)10-5-4-9(13)11(14-10)12(16)17/h4-5,8H,2-3,6-7H2,1H3,(H,16,17). The van der Waals surface area contributed by atoms with Crippen LogP contribution >= 0.6 is 11.6 Å². The average molecular weight is 271 g/mol. The first kappa shape index (κ1) is 13.1. The van der Waals surface area contributed by atoms with Gasteiger partial charge in [0.05, 0.1) is 11.6 Å². The molecule has 1 aromatic heterocycles. The van der Waals surface area contributed by atoms with E-state index in [4.69, 9.17) is 21.4 Å². The lowest BCUT2D eigenvalue weighted by Gasteiger charge is -2.23. The number of carboxylic acid groups (broad SMARTS) is 1. The zero-order valence-electron chi connectivity index (χ0n) is 10.1. The van der Waals surface area contributed by atoms with Gasteiger partial charge >= 0.3 is 5.97 Å². The zero-order chi connectivity index (χ0) is 13.1. The maximum atomic E-state index is 11.0. The monoisotopic (exact) mass is 270 g/mol. The van der Waals surface area contributed by atoms with Gasteiger partial charge in [-0.25, -0.2) is 9.78 Å². The van der Waals surface area contributed by atoms with Gasteiger partial charge in [0.15, 0.2) is 5.69 Å². The maximum Gasteiger partial charge on any atom is 0.356 e. The second-order valence-corrected chi connectivity index (χ2v) is 4.63. The molecule has 1 heterocycles. The number of rotatable bonds is 6. The summed E-state index contributed by atoms with van der Waals surface area (Å²) in [5, 5.41) is 9.17. The SMILES string of the molecule is COCCN(c1ccc(Cl)c(C(=O)O)n1)C1CC1. The number of carbonyl (C=O) groups is 1. The van der Waals surface area contributed by atoms with Crippen molar-refractivity contribution in [3.05, 3.63) is 22.8 Å². The van der Waals surface area contributed by atoms with Gasteiger partial charge in [-0.3, -0.25) is 0 Å². The van der Waals surface area contributed by atoms with Crippen molar-refractivity contribution in [2.45, 2.75) is 18.9 Å². The molecule has 5 nitrogen and oxygen atoms in total. The summed E-state index contributed by atoms with van der Waals surface area (Å²) in [6, 6.07) is 3.77. The zero-order valence-corrected chi connectivity index (χ0v) is 10.9. The first-order valence-electron chi connectivity index (χ1n) is 5.79. The Kier molecular flexibility index (Phi) is 4.04. The van der Waals surface area contributed by atoms with E-state index in [0.717, 1.165) is 12.8 Å². The molecule has 0 amide bonds. The van der Waals surface area contributed by atoms with Gasteiger partial charge in [-0.2, -0.15) is 0 Å². The number of hydrogen-bond acceptors (Lipinski definition) is 4. The largest absolute Gasteiger partial charge is 0.476 e. The van der Waals surface area contributed by atoms with Crippen LogP contribution in [0.25, 0.3) is 0 Å². The minimum absolute atomic E-state index is 0.0998. The van der Waals surface area contributed by atoms with Gasteiger partial charge in [0, 0.05) is 19.7 Å². The molecule has 0 atom stereocenters. The molecule has 1 N–H and O–H groups in total. The molecule has 1 aliphatic carbocycles. The summed E-state index contributed by atoms with van der Waals surface area (Å²) in [6.45, 7) is 1.29. The van der Waals surface area contributed by atoms with Crippen LogP contribution in [0.15, 0.2) is 12.1 Å². The van der Waals surface area contributed by atoms with Crippen LogP contribution in [-0.4, -0.2) is 42.4 Å². The van der Waals surface area contributed by atoms with Crippen molar-refractivity contribution in [3.8, 4) is 0 Å². The predicted octanol–water partition coefficient (Wildman–Crippen LogP) is 2.05. The number of anilines is 1.